The van der Waals surface area contributed by atoms with Crippen molar-refractivity contribution in [2.24, 2.45) is 10.8 Å². The molecule has 0 saturated carbocycles. The summed E-state index contributed by atoms with van der Waals surface area (Å²) in [4.78, 5) is 28.9. The van der Waals surface area contributed by atoms with Crippen LogP contribution in [0.5, 0.6) is 11.5 Å². The minimum atomic E-state index is -0.638. The van der Waals surface area contributed by atoms with Crippen molar-refractivity contribution in [2.45, 2.75) is 26.2 Å². The summed E-state index contributed by atoms with van der Waals surface area (Å²) in [7, 11) is 1.44. The number of rotatable bonds is 8. The maximum atomic E-state index is 13.2. The van der Waals surface area contributed by atoms with Gasteiger partial charge in [0.2, 0.25) is 0 Å². The van der Waals surface area contributed by atoms with Crippen LogP contribution in [0.1, 0.15) is 37.6 Å². The summed E-state index contributed by atoms with van der Waals surface area (Å²) in [6, 6.07) is 8.59. The highest BCUT2D eigenvalue weighted by molar-refractivity contribution is 9.10. The molecule has 0 bridgehead atoms. The van der Waals surface area contributed by atoms with Gasteiger partial charge in [-0.2, -0.15) is 9.78 Å². The lowest BCUT2D eigenvalue weighted by molar-refractivity contribution is -0.119. The third kappa shape index (κ3) is 5.11. The van der Waals surface area contributed by atoms with Gasteiger partial charge >= 0.3 is 0 Å². The first-order valence-electron chi connectivity index (χ1n) is 9.80. The Morgan fingerprint density at radius 2 is 2.12 bits per heavy atom. The fourth-order valence-corrected chi connectivity index (χ4v) is 3.64. The van der Waals surface area contributed by atoms with Gasteiger partial charge in [0, 0.05) is 10.4 Å². The third-order valence-corrected chi connectivity index (χ3v) is 5.59. The molecule has 0 aliphatic heterocycles. The van der Waals surface area contributed by atoms with Crippen molar-refractivity contribution in [3.05, 3.63) is 61.6 Å². The van der Waals surface area contributed by atoms with E-state index in [4.69, 9.17) is 26.8 Å². The number of nitrogens with zero attached hydrogens (tertiary/aromatic N) is 3. The van der Waals surface area contributed by atoms with E-state index in [1.54, 1.807) is 24.3 Å². The zero-order chi connectivity index (χ0) is 23.4. The van der Waals surface area contributed by atoms with Crippen LogP contribution in [0.3, 0.4) is 0 Å². The van der Waals surface area contributed by atoms with E-state index < -0.39 is 5.91 Å². The zero-order valence-electron chi connectivity index (χ0n) is 17.8. The van der Waals surface area contributed by atoms with Gasteiger partial charge < -0.3 is 15.2 Å². The maximum absolute atomic E-state index is 13.2. The Morgan fingerprint density at radius 1 is 1.38 bits per heavy atom. The summed E-state index contributed by atoms with van der Waals surface area (Å²) in [6.45, 7) is 3.67. The number of benzene rings is 2. The molecule has 1 aromatic heterocycles. The number of nitrogens with two attached hydrogens (primary N) is 1. The summed E-state index contributed by atoms with van der Waals surface area (Å²) in [5, 5.41) is 5.08. The van der Waals surface area contributed by atoms with Gasteiger partial charge in [0.15, 0.2) is 18.1 Å². The number of ether oxygens (including phenoxy) is 2. The lowest BCUT2D eigenvalue weighted by Gasteiger charge is -2.14. The molecular formula is C22H22BrClN4O4. The first-order chi connectivity index (χ1) is 15.2. The van der Waals surface area contributed by atoms with E-state index in [0.29, 0.717) is 28.0 Å². The van der Waals surface area contributed by atoms with Crippen molar-refractivity contribution in [3.63, 3.8) is 0 Å². The molecule has 0 unspecified atom stereocenters. The van der Waals surface area contributed by atoms with Gasteiger partial charge in [0.05, 0.1) is 29.2 Å². The Hall–Kier alpha value is -2.91. The van der Waals surface area contributed by atoms with Crippen LogP contribution in [-0.2, 0) is 4.79 Å². The van der Waals surface area contributed by atoms with Gasteiger partial charge in [0.1, 0.15) is 5.82 Å². The van der Waals surface area contributed by atoms with Crippen molar-refractivity contribution in [1.29, 1.82) is 0 Å². The average Bonchev–Trinajstić information content (AvgIpc) is 2.76. The number of aromatic nitrogens is 2. The Labute approximate surface area is 198 Å². The lowest BCUT2D eigenvalue weighted by atomic mass is 10.1. The largest absolute Gasteiger partial charge is 0.493 e. The molecular weight excluding hydrogens is 500 g/mol. The number of hydrogen-bond donors (Lipinski definition) is 1. The first kappa shape index (κ1) is 23.7. The molecule has 0 aliphatic carbocycles. The van der Waals surface area contributed by atoms with Crippen molar-refractivity contribution in [3.8, 4) is 11.5 Å². The summed E-state index contributed by atoms with van der Waals surface area (Å²) in [6.07, 6.45) is 2.28. The minimum absolute atomic E-state index is 0.00981. The average molecular weight is 522 g/mol. The Morgan fingerprint density at radius 3 is 2.78 bits per heavy atom. The van der Waals surface area contributed by atoms with Crippen molar-refractivity contribution < 1.29 is 14.3 Å². The Balaban J connectivity index is 2.09. The van der Waals surface area contributed by atoms with E-state index in [1.807, 2.05) is 19.9 Å². The van der Waals surface area contributed by atoms with Crippen molar-refractivity contribution in [1.82, 2.24) is 9.66 Å². The van der Waals surface area contributed by atoms with E-state index in [-0.39, 0.29) is 28.9 Å². The van der Waals surface area contributed by atoms with E-state index in [0.717, 1.165) is 10.9 Å². The predicted molar refractivity (Wildman–Crippen MR) is 128 cm³/mol. The number of halogens is 2. The van der Waals surface area contributed by atoms with Gasteiger partial charge in [-0.25, -0.2) is 4.98 Å². The van der Waals surface area contributed by atoms with Crippen LogP contribution >= 0.6 is 27.5 Å². The number of methoxy groups -OCH3 is 1. The van der Waals surface area contributed by atoms with Crippen molar-refractivity contribution in [2.75, 3.05) is 13.7 Å². The molecule has 0 fully saturated rings. The molecule has 3 rings (SSSR count). The number of carbonyl (C=O) groups is 1. The zero-order valence-corrected chi connectivity index (χ0v) is 20.1. The van der Waals surface area contributed by atoms with Crippen LogP contribution in [-0.4, -0.2) is 35.5 Å². The van der Waals surface area contributed by atoms with E-state index in [1.165, 1.54) is 18.0 Å². The van der Waals surface area contributed by atoms with Crippen LogP contribution in [0, 0.1) is 0 Å². The highest BCUT2D eigenvalue weighted by Crippen LogP contribution is 2.36. The normalized spacial score (nSPS) is 12.3. The highest BCUT2D eigenvalue weighted by atomic mass is 79.9. The molecule has 0 radical (unpaired) electrons. The smallest absolute Gasteiger partial charge is 0.282 e. The maximum Gasteiger partial charge on any atom is 0.282 e. The molecule has 0 spiro atoms. The van der Waals surface area contributed by atoms with Gasteiger partial charge in [-0.15, -0.1) is 0 Å². The summed E-state index contributed by atoms with van der Waals surface area (Å²) in [5.41, 5.74) is 6.03. The van der Waals surface area contributed by atoms with Crippen LogP contribution in [0.25, 0.3) is 10.9 Å². The molecule has 1 amide bonds. The molecule has 32 heavy (non-hydrogen) atoms. The fourth-order valence-electron chi connectivity index (χ4n) is 3.00. The minimum Gasteiger partial charge on any atom is -0.493 e. The van der Waals surface area contributed by atoms with Gasteiger partial charge in [0.25, 0.3) is 11.5 Å². The fraction of sp³-hybridized carbons (Fsp3) is 0.273. The number of amides is 1. The number of carbonyl (C=O) groups excluding carboxylic acids is 1. The third-order valence-electron chi connectivity index (χ3n) is 4.82. The molecule has 0 aliphatic rings. The second-order valence-electron chi connectivity index (χ2n) is 7.09. The van der Waals surface area contributed by atoms with Gasteiger partial charge in [-0.1, -0.05) is 41.4 Å². The highest BCUT2D eigenvalue weighted by Gasteiger charge is 2.16. The van der Waals surface area contributed by atoms with Crippen LogP contribution in [0.2, 0.25) is 5.02 Å². The van der Waals surface area contributed by atoms with E-state index in [9.17, 15) is 9.59 Å². The Kier molecular flexibility index (Phi) is 7.52. The molecule has 1 heterocycles. The lowest BCUT2D eigenvalue weighted by Crippen LogP contribution is -2.23. The number of hydrogen-bond acceptors (Lipinski definition) is 6. The second-order valence-corrected chi connectivity index (χ2v) is 8.41. The topological polar surface area (TPSA) is 109 Å². The predicted octanol–water partition coefficient (Wildman–Crippen LogP) is 4.08. The van der Waals surface area contributed by atoms with Crippen LogP contribution in [0.4, 0.5) is 0 Å². The number of primary amides is 1. The number of fused-ring (bicyclic) bond motifs is 1. The van der Waals surface area contributed by atoms with E-state index >= 15 is 0 Å². The van der Waals surface area contributed by atoms with Crippen LogP contribution < -0.4 is 20.8 Å². The molecule has 10 heteroatoms. The Bertz CT molecular complexity index is 1260. The molecule has 168 valence electrons. The SMILES string of the molecule is CC[C@@H](C)c1nc2ccc(Br)cc2c(=O)n1N=Cc1cc(Cl)c(OCC(N)=O)c(OC)c1. The monoisotopic (exact) mass is 520 g/mol. The first-order valence-corrected chi connectivity index (χ1v) is 11.0. The quantitative estimate of drug-likeness (QED) is 0.449. The molecule has 2 N–H and O–H groups in total. The molecule has 2 aromatic carbocycles. The molecule has 0 saturated heterocycles. The molecule has 8 nitrogen and oxygen atoms in total. The standard InChI is InChI=1S/C22H22BrClN4O4/c1-4-12(2)21-27-17-6-5-14(23)9-15(17)22(30)28(21)26-10-13-7-16(24)20(18(8-13)31-3)32-11-19(25)29/h5-10,12H,4,11H2,1-3H3,(H2,25,29)/t12-/m1/s1. The summed E-state index contributed by atoms with van der Waals surface area (Å²) < 4.78 is 12.7. The molecule has 1 atom stereocenters. The van der Waals surface area contributed by atoms with Gasteiger partial charge in [-0.3, -0.25) is 9.59 Å². The summed E-state index contributed by atoms with van der Waals surface area (Å²) >= 11 is 9.70. The van der Waals surface area contributed by atoms with Gasteiger partial charge in [-0.05, 0) is 42.3 Å². The molecule has 3 aromatic rings. The summed E-state index contributed by atoms with van der Waals surface area (Å²) in [5.74, 6) is 0.426. The second kappa shape index (κ2) is 10.1. The van der Waals surface area contributed by atoms with Crippen molar-refractivity contribution >= 4 is 50.6 Å². The van der Waals surface area contributed by atoms with Crippen LogP contribution in [0.15, 0.2) is 44.7 Å². The van der Waals surface area contributed by atoms with E-state index in [2.05, 4.69) is 26.0 Å².